The van der Waals surface area contributed by atoms with E-state index in [-0.39, 0.29) is 5.97 Å². The Kier molecular flexibility index (Phi) is 5.52. The highest BCUT2D eigenvalue weighted by Crippen LogP contribution is 2.26. The first-order valence-corrected chi connectivity index (χ1v) is 9.11. The lowest BCUT2D eigenvalue weighted by molar-refractivity contribution is 0.0502. The second kappa shape index (κ2) is 7.83. The minimum Gasteiger partial charge on any atom is -0.461 e. The number of rotatable bonds is 6. The summed E-state index contributed by atoms with van der Waals surface area (Å²) in [6.45, 7) is 2.37. The van der Waals surface area contributed by atoms with Crippen molar-refractivity contribution >= 4 is 34.2 Å². The number of aromatic amines is 1. The molecule has 0 saturated heterocycles. The number of hydrogen-bond donors (Lipinski definition) is 1. The molecule has 0 radical (unpaired) electrons. The molecule has 1 aromatic heterocycles. The third kappa shape index (κ3) is 3.86. The summed E-state index contributed by atoms with van der Waals surface area (Å²) < 4.78 is 5.50. The van der Waals surface area contributed by atoms with Crippen molar-refractivity contribution in [2.45, 2.75) is 19.8 Å². The molecule has 5 heteroatoms. The molecule has 0 unspecified atom stereocenters. The predicted octanol–water partition coefficient (Wildman–Crippen LogP) is 4.85. The van der Waals surface area contributed by atoms with Gasteiger partial charge in [-0.15, -0.1) is 0 Å². The van der Waals surface area contributed by atoms with Crippen molar-refractivity contribution in [3.05, 3.63) is 64.3 Å². The van der Waals surface area contributed by atoms with Crippen molar-refractivity contribution in [1.29, 1.82) is 0 Å². The van der Waals surface area contributed by atoms with Gasteiger partial charge in [-0.3, -0.25) is 0 Å². The molecule has 3 aromatic rings. The maximum atomic E-state index is 12.5. The molecule has 0 aliphatic rings. The van der Waals surface area contributed by atoms with Gasteiger partial charge >= 0.3 is 5.97 Å². The lowest BCUT2D eigenvalue weighted by Gasteiger charge is -2.12. The minimum atomic E-state index is -0.320. The summed E-state index contributed by atoms with van der Waals surface area (Å²) in [5.74, 6) is -0.320. The van der Waals surface area contributed by atoms with Crippen LogP contribution in [0.3, 0.4) is 0 Å². The van der Waals surface area contributed by atoms with Crippen LogP contribution >= 0.6 is 11.6 Å². The van der Waals surface area contributed by atoms with Crippen LogP contribution in [-0.4, -0.2) is 31.7 Å². The van der Waals surface area contributed by atoms with E-state index in [9.17, 15) is 4.79 Å². The van der Waals surface area contributed by atoms with E-state index in [0.29, 0.717) is 23.7 Å². The molecule has 0 amide bonds. The van der Waals surface area contributed by atoms with E-state index < -0.39 is 0 Å². The summed E-state index contributed by atoms with van der Waals surface area (Å²) in [6, 6.07) is 13.8. The van der Waals surface area contributed by atoms with Crippen molar-refractivity contribution in [3.63, 3.8) is 0 Å². The first-order valence-electron chi connectivity index (χ1n) is 8.73. The number of carbonyl (C=O) groups excluding carboxylic acids is 1. The van der Waals surface area contributed by atoms with Crippen LogP contribution in [-0.2, 0) is 17.6 Å². The molecule has 0 aliphatic carbocycles. The fourth-order valence-corrected chi connectivity index (χ4v) is 3.23. The molecule has 26 heavy (non-hydrogen) atoms. The number of nitrogens with one attached hydrogen (secondary N) is 1. The molecule has 0 bridgehead atoms. The van der Waals surface area contributed by atoms with Crippen LogP contribution in [0.2, 0.25) is 5.02 Å². The van der Waals surface area contributed by atoms with Crippen LogP contribution in [0, 0.1) is 0 Å². The third-order valence-corrected chi connectivity index (χ3v) is 4.74. The first kappa shape index (κ1) is 18.3. The van der Waals surface area contributed by atoms with Crippen molar-refractivity contribution in [2.75, 3.05) is 25.6 Å². The predicted molar refractivity (Wildman–Crippen MR) is 107 cm³/mol. The van der Waals surface area contributed by atoms with Crippen molar-refractivity contribution < 1.29 is 9.53 Å². The number of nitrogens with zero attached hydrogens (tertiary/aromatic N) is 1. The number of esters is 1. The van der Waals surface area contributed by atoms with E-state index in [4.69, 9.17) is 16.3 Å². The van der Waals surface area contributed by atoms with E-state index in [2.05, 4.69) is 34.1 Å². The quantitative estimate of drug-likeness (QED) is 0.631. The Morgan fingerprint density at radius 1 is 1.15 bits per heavy atom. The van der Waals surface area contributed by atoms with Gasteiger partial charge in [0.15, 0.2) is 0 Å². The van der Waals surface area contributed by atoms with Crippen LogP contribution in [0.5, 0.6) is 0 Å². The maximum Gasteiger partial charge on any atom is 0.355 e. The Morgan fingerprint density at radius 3 is 2.54 bits per heavy atom. The Balaban J connectivity index is 1.67. The lowest BCUT2D eigenvalue weighted by atomic mass is 10.1. The van der Waals surface area contributed by atoms with E-state index in [1.54, 1.807) is 0 Å². The van der Waals surface area contributed by atoms with Gasteiger partial charge in [-0.05, 0) is 47.9 Å². The fraction of sp³-hybridized carbons (Fsp3) is 0.286. The zero-order chi connectivity index (χ0) is 18.7. The van der Waals surface area contributed by atoms with Gasteiger partial charge in [-0.25, -0.2) is 4.79 Å². The summed E-state index contributed by atoms with van der Waals surface area (Å²) >= 11 is 6.09. The van der Waals surface area contributed by atoms with Crippen molar-refractivity contribution in [3.8, 4) is 0 Å². The number of carbonyl (C=O) groups is 1. The molecule has 1 heterocycles. The number of hydrogen-bond acceptors (Lipinski definition) is 3. The normalized spacial score (nSPS) is 10.9. The molecule has 4 nitrogen and oxygen atoms in total. The lowest BCUT2D eigenvalue weighted by Crippen LogP contribution is -2.11. The monoisotopic (exact) mass is 370 g/mol. The SMILES string of the molecule is CCc1c(C(=O)OCCc2ccc(N(C)C)cc2)[nH]c2ccc(Cl)cc12. The maximum absolute atomic E-state index is 12.5. The highest BCUT2D eigenvalue weighted by molar-refractivity contribution is 6.31. The standard InChI is InChI=1S/C21H23ClN2O2/c1-4-17-18-13-15(22)7-10-19(18)23-20(17)21(25)26-12-11-14-5-8-16(9-6-14)24(2)3/h5-10,13,23H,4,11-12H2,1-3H3. The minimum absolute atomic E-state index is 0.320. The second-order valence-corrected chi connectivity index (χ2v) is 6.91. The molecule has 0 spiro atoms. The Bertz CT molecular complexity index is 914. The highest BCUT2D eigenvalue weighted by atomic mass is 35.5. The molecular weight excluding hydrogens is 348 g/mol. The molecular formula is C21H23ClN2O2. The number of aryl methyl sites for hydroxylation is 1. The van der Waals surface area contributed by atoms with Gasteiger partial charge in [0.1, 0.15) is 5.69 Å². The number of halogens is 1. The van der Waals surface area contributed by atoms with E-state index in [1.165, 1.54) is 0 Å². The van der Waals surface area contributed by atoms with Gasteiger partial charge in [0.05, 0.1) is 6.61 Å². The molecule has 0 aliphatic heterocycles. The summed E-state index contributed by atoms with van der Waals surface area (Å²) in [5.41, 5.74) is 4.66. The number of anilines is 1. The molecule has 0 fully saturated rings. The first-order chi connectivity index (χ1) is 12.5. The van der Waals surface area contributed by atoms with Gasteiger partial charge in [-0.2, -0.15) is 0 Å². The Labute approximate surface area is 158 Å². The van der Waals surface area contributed by atoms with Crippen LogP contribution in [0.25, 0.3) is 10.9 Å². The van der Waals surface area contributed by atoms with Crippen LogP contribution in [0.4, 0.5) is 5.69 Å². The largest absolute Gasteiger partial charge is 0.461 e. The summed E-state index contributed by atoms with van der Waals surface area (Å²) in [6.07, 6.45) is 1.42. The zero-order valence-electron chi connectivity index (χ0n) is 15.3. The molecule has 136 valence electrons. The van der Waals surface area contributed by atoms with E-state index >= 15 is 0 Å². The average Bonchev–Trinajstić information content (AvgIpc) is 2.99. The number of aromatic nitrogens is 1. The van der Waals surface area contributed by atoms with Gasteiger partial charge in [0, 0.05) is 42.1 Å². The smallest absolute Gasteiger partial charge is 0.355 e. The van der Waals surface area contributed by atoms with E-state index in [0.717, 1.165) is 34.1 Å². The second-order valence-electron chi connectivity index (χ2n) is 6.47. The summed E-state index contributed by atoms with van der Waals surface area (Å²) in [4.78, 5) is 17.7. The summed E-state index contributed by atoms with van der Waals surface area (Å²) in [7, 11) is 4.02. The van der Waals surface area contributed by atoms with Gasteiger partial charge in [0.25, 0.3) is 0 Å². The molecule has 0 saturated carbocycles. The molecule has 3 rings (SSSR count). The Hall–Kier alpha value is -2.46. The van der Waals surface area contributed by atoms with Crippen LogP contribution in [0.15, 0.2) is 42.5 Å². The van der Waals surface area contributed by atoms with E-state index in [1.807, 2.05) is 39.2 Å². The topological polar surface area (TPSA) is 45.3 Å². The number of benzene rings is 2. The number of ether oxygens (including phenoxy) is 1. The van der Waals surface area contributed by atoms with Crippen molar-refractivity contribution in [2.24, 2.45) is 0 Å². The van der Waals surface area contributed by atoms with Crippen molar-refractivity contribution in [1.82, 2.24) is 4.98 Å². The fourth-order valence-electron chi connectivity index (χ4n) is 3.06. The molecule has 2 aromatic carbocycles. The highest BCUT2D eigenvalue weighted by Gasteiger charge is 2.18. The third-order valence-electron chi connectivity index (χ3n) is 4.50. The van der Waals surface area contributed by atoms with Gasteiger partial charge < -0.3 is 14.6 Å². The van der Waals surface area contributed by atoms with Gasteiger partial charge in [0.2, 0.25) is 0 Å². The van der Waals surface area contributed by atoms with Gasteiger partial charge in [-0.1, -0.05) is 30.7 Å². The molecule has 1 N–H and O–H groups in total. The van der Waals surface area contributed by atoms with Crippen LogP contribution < -0.4 is 4.90 Å². The Morgan fingerprint density at radius 2 is 1.88 bits per heavy atom. The number of fused-ring (bicyclic) bond motifs is 1. The average molecular weight is 371 g/mol. The van der Waals surface area contributed by atoms with Crippen LogP contribution in [0.1, 0.15) is 28.5 Å². The number of H-pyrrole nitrogens is 1. The zero-order valence-corrected chi connectivity index (χ0v) is 16.1. The summed E-state index contributed by atoms with van der Waals surface area (Å²) in [5, 5.41) is 1.64. The molecule has 0 atom stereocenters.